The van der Waals surface area contributed by atoms with E-state index in [9.17, 15) is 0 Å². The van der Waals surface area contributed by atoms with Crippen LogP contribution < -0.4 is 5.32 Å². The topological polar surface area (TPSA) is 44.3 Å². The van der Waals surface area contributed by atoms with E-state index in [1.54, 1.807) is 0 Å². The number of aromatic nitrogens is 2. The molecule has 0 radical (unpaired) electrons. The molecule has 0 aliphatic carbocycles. The number of nitrogens with one attached hydrogen (secondary N) is 1. The highest BCUT2D eigenvalue weighted by molar-refractivity contribution is 7.09. The third kappa shape index (κ3) is 3.40. The van der Waals surface area contributed by atoms with Gasteiger partial charge in [-0.2, -0.15) is 4.37 Å². The first-order chi connectivity index (χ1) is 8.70. The molecule has 1 unspecified atom stereocenters. The Bertz CT molecular complexity index is 367. The fraction of sp³-hybridized carbons (Fsp3) is 0.833. The number of nitrogens with zero attached hydrogens (tertiary/aromatic N) is 4. The molecule has 1 fully saturated rings. The molecule has 0 amide bonds. The summed E-state index contributed by atoms with van der Waals surface area (Å²) in [4.78, 5) is 9.37. The first-order valence-electron chi connectivity index (χ1n) is 6.67. The van der Waals surface area contributed by atoms with E-state index in [0.29, 0.717) is 6.04 Å². The van der Waals surface area contributed by atoms with Crippen LogP contribution in [0.25, 0.3) is 0 Å². The monoisotopic (exact) mass is 269 g/mol. The summed E-state index contributed by atoms with van der Waals surface area (Å²) in [6, 6.07) is 0.325. The number of anilines is 1. The van der Waals surface area contributed by atoms with Crippen LogP contribution in [0, 0.1) is 0 Å². The quantitative estimate of drug-likeness (QED) is 0.901. The first-order valence-corrected chi connectivity index (χ1v) is 7.44. The zero-order valence-corrected chi connectivity index (χ0v) is 12.3. The summed E-state index contributed by atoms with van der Waals surface area (Å²) in [5.74, 6) is 0.967. The van der Waals surface area contributed by atoms with E-state index >= 15 is 0 Å². The van der Waals surface area contributed by atoms with Crippen molar-refractivity contribution in [1.82, 2.24) is 19.2 Å². The smallest absolute Gasteiger partial charge is 0.202 e. The van der Waals surface area contributed by atoms with Gasteiger partial charge in [-0.15, -0.1) is 0 Å². The molecule has 1 aliphatic rings. The third-order valence-electron chi connectivity index (χ3n) is 3.33. The van der Waals surface area contributed by atoms with Crippen LogP contribution in [0.3, 0.4) is 0 Å². The van der Waals surface area contributed by atoms with Gasteiger partial charge in [-0.05, 0) is 40.0 Å². The lowest BCUT2D eigenvalue weighted by molar-refractivity contribution is 0.221. The van der Waals surface area contributed by atoms with Gasteiger partial charge in [0.25, 0.3) is 0 Å². The average Bonchev–Trinajstić information content (AvgIpc) is 2.75. The summed E-state index contributed by atoms with van der Waals surface area (Å²) in [5.41, 5.74) is 0. The maximum Gasteiger partial charge on any atom is 0.202 e. The van der Waals surface area contributed by atoms with E-state index in [4.69, 9.17) is 0 Å². The van der Waals surface area contributed by atoms with Crippen LogP contribution in [0.1, 0.15) is 31.6 Å². The predicted molar refractivity (Wildman–Crippen MR) is 76.2 cm³/mol. The van der Waals surface area contributed by atoms with Crippen molar-refractivity contribution in [2.45, 2.75) is 25.8 Å². The lowest BCUT2D eigenvalue weighted by atomic mass is 10.2. The van der Waals surface area contributed by atoms with Gasteiger partial charge in [-0.3, -0.25) is 4.90 Å². The molecule has 0 aromatic carbocycles. The molecule has 0 spiro atoms. The second kappa shape index (κ2) is 6.45. The normalized spacial score (nSPS) is 22.9. The van der Waals surface area contributed by atoms with Crippen LogP contribution in [0.5, 0.6) is 0 Å². The summed E-state index contributed by atoms with van der Waals surface area (Å²) < 4.78 is 4.52. The highest BCUT2D eigenvalue weighted by Gasteiger charge is 2.25. The maximum absolute atomic E-state index is 4.63. The minimum atomic E-state index is 0.325. The van der Waals surface area contributed by atoms with E-state index in [-0.39, 0.29) is 0 Å². The van der Waals surface area contributed by atoms with Crippen LogP contribution in [-0.2, 0) is 0 Å². The molecule has 0 bridgehead atoms. The van der Waals surface area contributed by atoms with Gasteiger partial charge in [-0.1, -0.05) is 6.92 Å². The number of hydrogen-bond acceptors (Lipinski definition) is 6. The molecule has 2 rings (SSSR count). The van der Waals surface area contributed by atoms with Gasteiger partial charge in [0.2, 0.25) is 5.13 Å². The average molecular weight is 269 g/mol. The van der Waals surface area contributed by atoms with Crippen molar-refractivity contribution in [3.63, 3.8) is 0 Å². The van der Waals surface area contributed by atoms with Crippen LogP contribution in [0.2, 0.25) is 0 Å². The Morgan fingerprint density at radius 3 is 3.00 bits per heavy atom. The third-order valence-corrected chi connectivity index (χ3v) is 4.02. The highest BCUT2D eigenvalue weighted by atomic mass is 32.1. The summed E-state index contributed by atoms with van der Waals surface area (Å²) in [6.07, 6.45) is 2.33. The SMILES string of the molecule is CCCNc1nc(C2CN(C)CCCN2C)ns1. The highest BCUT2D eigenvalue weighted by Crippen LogP contribution is 2.23. The first kappa shape index (κ1) is 13.7. The van der Waals surface area contributed by atoms with Crippen molar-refractivity contribution >= 4 is 16.7 Å². The number of likely N-dealkylation sites (N-methyl/N-ethyl adjacent to an activating group) is 2. The van der Waals surface area contributed by atoms with E-state index in [1.165, 1.54) is 18.0 Å². The Hall–Kier alpha value is -0.720. The molecule has 18 heavy (non-hydrogen) atoms. The predicted octanol–water partition coefficient (Wildman–Crippen LogP) is 1.67. The van der Waals surface area contributed by atoms with Crippen molar-refractivity contribution in [2.24, 2.45) is 0 Å². The molecule has 1 saturated heterocycles. The Morgan fingerprint density at radius 1 is 1.39 bits per heavy atom. The van der Waals surface area contributed by atoms with Crippen molar-refractivity contribution in [1.29, 1.82) is 0 Å². The van der Waals surface area contributed by atoms with Gasteiger partial charge in [0.1, 0.15) is 0 Å². The standard InChI is InChI=1S/C12H23N5S/c1-4-6-13-12-14-11(15-18-12)10-9-16(2)7-5-8-17(10)3/h10H,4-9H2,1-3H3,(H,13,14,15). The molecular weight excluding hydrogens is 246 g/mol. The van der Waals surface area contributed by atoms with Gasteiger partial charge in [0.05, 0.1) is 6.04 Å². The summed E-state index contributed by atoms with van der Waals surface area (Å²) in [5, 5.41) is 4.26. The zero-order valence-electron chi connectivity index (χ0n) is 11.5. The van der Waals surface area contributed by atoms with Crippen LogP contribution in [0.4, 0.5) is 5.13 Å². The van der Waals surface area contributed by atoms with E-state index in [2.05, 4.69) is 45.5 Å². The van der Waals surface area contributed by atoms with E-state index in [0.717, 1.165) is 43.6 Å². The van der Waals surface area contributed by atoms with Gasteiger partial charge < -0.3 is 10.2 Å². The van der Waals surface area contributed by atoms with Crippen LogP contribution in [0.15, 0.2) is 0 Å². The zero-order chi connectivity index (χ0) is 13.0. The van der Waals surface area contributed by atoms with Crippen molar-refractivity contribution in [3.8, 4) is 0 Å². The molecule has 1 aromatic rings. The Labute approximate surface area is 113 Å². The van der Waals surface area contributed by atoms with E-state index in [1.807, 2.05) is 0 Å². The van der Waals surface area contributed by atoms with E-state index < -0.39 is 0 Å². The summed E-state index contributed by atoms with van der Waals surface area (Å²) >= 11 is 1.48. The van der Waals surface area contributed by atoms with Gasteiger partial charge in [-0.25, -0.2) is 4.98 Å². The van der Waals surface area contributed by atoms with Crippen molar-refractivity contribution < 1.29 is 0 Å². The Morgan fingerprint density at radius 2 is 2.22 bits per heavy atom. The second-order valence-corrected chi connectivity index (χ2v) is 5.75. The molecule has 0 saturated carbocycles. The van der Waals surface area contributed by atoms with Crippen LogP contribution >= 0.6 is 11.5 Å². The molecule has 1 atom stereocenters. The number of rotatable bonds is 4. The van der Waals surface area contributed by atoms with Crippen molar-refractivity contribution in [3.05, 3.63) is 5.82 Å². The molecule has 1 aromatic heterocycles. The minimum absolute atomic E-state index is 0.325. The summed E-state index contributed by atoms with van der Waals surface area (Å²) in [6.45, 7) is 6.41. The van der Waals surface area contributed by atoms with Gasteiger partial charge in [0.15, 0.2) is 5.82 Å². The minimum Gasteiger partial charge on any atom is -0.360 e. The van der Waals surface area contributed by atoms with Gasteiger partial charge >= 0.3 is 0 Å². The Balaban J connectivity index is 2.05. The molecule has 2 heterocycles. The molecular formula is C12H23N5S. The molecule has 5 nitrogen and oxygen atoms in total. The summed E-state index contributed by atoms with van der Waals surface area (Å²) in [7, 11) is 4.35. The largest absolute Gasteiger partial charge is 0.360 e. The maximum atomic E-state index is 4.63. The van der Waals surface area contributed by atoms with Crippen LogP contribution in [-0.4, -0.2) is 59.4 Å². The Kier molecular flexibility index (Phi) is 4.91. The van der Waals surface area contributed by atoms with Crippen molar-refractivity contribution in [2.75, 3.05) is 45.6 Å². The fourth-order valence-corrected chi connectivity index (χ4v) is 2.87. The fourth-order valence-electron chi connectivity index (χ4n) is 2.22. The molecule has 102 valence electrons. The lowest BCUT2D eigenvalue weighted by Gasteiger charge is -2.24. The van der Waals surface area contributed by atoms with Gasteiger partial charge in [0, 0.05) is 24.6 Å². The molecule has 1 N–H and O–H groups in total. The molecule has 6 heteroatoms. The molecule has 1 aliphatic heterocycles. The number of hydrogen-bond donors (Lipinski definition) is 1. The lowest BCUT2D eigenvalue weighted by Crippen LogP contribution is -2.31. The second-order valence-electron chi connectivity index (χ2n) is 5.00.